The molecule has 0 fully saturated rings. The third kappa shape index (κ3) is 10.8. The molecular weight excluding hydrogens is 1000 g/mol. The Hall–Kier alpha value is -6.18. The van der Waals surface area contributed by atoms with Crippen molar-refractivity contribution in [3.63, 3.8) is 0 Å². The predicted molar refractivity (Wildman–Crippen MR) is 253 cm³/mol. The van der Waals surface area contributed by atoms with E-state index in [-0.39, 0.29) is 106 Å². The van der Waals surface area contributed by atoms with Crippen LogP contribution in [0.1, 0.15) is 47.4 Å². The fourth-order valence-corrected chi connectivity index (χ4v) is 10.6. The van der Waals surface area contributed by atoms with Crippen molar-refractivity contribution in [3.8, 4) is 5.75 Å². The SMILES string of the molecule is C=C(C)C(=O)NCCCNC(=O)c1ccc(N(C)S(=O)(=O)c2cc(S(=O)(=O)N(C)c3ccc(C(=O)NCCCNC(=O)C(=C)C)cc3)c3ccc4c(S(=O)[O-])cc(O)c5ccc2c3c54)cc1.[Mo]. The fourth-order valence-electron chi connectivity index (χ4n) is 7.15. The molecule has 21 heteroatoms. The molecule has 1 atom stereocenters. The molecule has 0 bridgehead atoms. The Morgan fingerprint density at radius 1 is 0.597 bits per heavy atom. The zero-order chi connectivity index (χ0) is 48.2. The normalized spacial score (nSPS) is 12.0. The van der Waals surface area contributed by atoms with Gasteiger partial charge >= 0.3 is 0 Å². The first kappa shape index (κ1) is 51.8. The van der Waals surface area contributed by atoms with Gasteiger partial charge < -0.3 is 30.9 Å². The van der Waals surface area contributed by atoms with E-state index in [1.54, 1.807) is 13.8 Å². The van der Waals surface area contributed by atoms with Gasteiger partial charge in [0.15, 0.2) is 0 Å². The number of nitrogens with zero attached hydrogens (tertiary/aromatic N) is 2. The number of nitrogens with one attached hydrogen (secondary N) is 4. The summed E-state index contributed by atoms with van der Waals surface area (Å²) >= 11 is -2.86. The second kappa shape index (κ2) is 21.2. The molecule has 0 aliphatic rings. The number of hydrogen-bond acceptors (Lipinski definition) is 11. The van der Waals surface area contributed by atoms with E-state index in [1.165, 1.54) is 86.9 Å². The van der Waals surface area contributed by atoms with Gasteiger partial charge in [0.2, 0.25) is 11.8 Å². The molecule has 0 aliphatic carbocycles. The topological polar surface area (TPSA) is 252 Å². The largest absolute Gasteiger partial charge is 0.768 e. The van der Waals surface area contributed by atoms with E-state index in [0.29, 0.717) is 37.1 Å². The minimum Gasteiger partial charge on any atom is -0.768 e. The molecule has 352 valence electrons. The number of aromatic hydroxyl groups is 1. The van der Waals surface area contributed by atoms with Crippen LogP contribution in [0.2, 0.25) is 0 Å². The number of carbonyl (C=O) groups is 4. The van der Waals surface area contributed by atoms with Crippen LogP contribution in [0.5, 0.6) is 5.75 Å². The fraction of sp³-hybridized carbons (Fsp3) is 0.217. The van der Waals surface area contributed by atoms with Gasteiger partial charge in [0.05, 0.1) is 21.2 Å². The summed E-state index contributed by atoms with van der Waals surface area (Å²) in [4.78, 5) is 48.0. The number of sulfonamides is 2. The maximum absolute atomic E-state index is 14.8. The van der Waals surface area contributed by atoms with Gasteiger partial charge in [-0.05, 0) is 110 Å². The van der Waals surface area contributed by atoms with Crippen LogP contribution in [0, 0.1) is 0 Å². The molecule has 6 aromatic carbocycles. The average Bonchev–Trinajstić information content (AvgIpc) is 3.29. The van der Waals surface area contributed by atoms with E-state index in [2.05, 4.69) is 34.4 Å². The van der Waals surface area contributed by atoms with Crippen LogP contribution in [-0.4, -0.2) is 94.6 Å². The number of phenolic OH excluding ortho intramolecular Hbond substituents is 1. The zero-order valence-corrected chi connectivity index (χ0v) is 41.3. The van der Waals surface area contributed by atoms with Crippen molar-refractivity contribution < 1.29 is 70.9 Å². The number of anilines is 2. The van der Waals surface area contributed by atoms with Crippen molar-refractivity contribution >= 4 is 98.4 Å². The minimum atomic E-state index is -4.67. The van der Waals surface area contributed by atoms with E-state index in [1.807, 2.05) is 0 Å². The first-order valence-electron chi connectivity index (χ1n) is 20.3. The molecule has 0 spiro atoms. The molecule has 0 saturated heterocycles. The molecule has 5 N–H and O–H groups in total. The number of carbonyl (C=O) groups excluding carboxylic acids is 4. The number of phenols is 1. The Balaban J connectivity index is 0.00000840. The van der Waals surface area contributed by atoms with E-state index in [4.69, 9.17) is 0 Å². The maximum Gasteiger partial charge on any atom is 0.264 e. The molecule has 1 unspecified atom stereocenters. The van der Waals surface area contributed by atoms with Crippen LogP contribution >= 0.6 is 0 Å². The van der Waals surface area contributed by atoms with Crippen LogP contribution in [-0.2, 0) is 61.8 Å². The maximum atomic E-state index is 14.8. The summed E-state index contributed by atoms with van der Waals surface area (Å²) in [6.45, 7) is 11.4. The van der Waals surface area contributed by atoms with Gasteiger partial charge in [0.25, 0.3) is 31.9 Å². The van der Waals surface area contributed by atoms with Crippen molar-refractivity contribution in [2.45, 2.75) is 41.4 Å². The zero-order valence-electron chi connectivity index (χ0n) is 36.8. The van der Waals surface area contributed by atoms with Crippen LogP contribution in [0.15, 0.2) is 124 Å². The standard InChI is InChI=1S/C46H48N6O11S3.Mo/c1-27(2)43(54)47-21-7-23-49-45(56)29-9-13-31(14-10-29)51(5)65(60,61)39-26-40(36-20-18-34-38(64(58)59)25-37(53)33-17-19-35(39)42(36)41(33)34)66(62,63)52(6)32-15-11-30(12-16-32)46(57)50-24-8-22-48-44(55)28(3)4;/h9-20,25-26,53H,1,3,7-8,21-24H2,2,4-6H3,(H,47,54)(H,48,55)(H,49,56)(H,50,57)(H,58,59);/p-1. The predicted octanol–water partition coefficient (Wildman–Crippen LogP) is 4.80. The molecule has 6 aromatic rings. The van der Waals surface area contributed by atoms with Crippen molar-refractivity contribution in [2.24, 2.45) is 0 Å². The molecule has 6 rings (SSSR count). The van der Waals surface area contributed by atoms with Gasteiger partial charge in [0, 0.05) is 115 Å². The second-order valence-electron chi connectivity index (χ2n) is 15.4. The summed E-state index contributed by atoms with van der Waals surface area (Å²) in [7, 11) is -6.83. The molecule has 0 heterocycles. The van der Waals surface area contributed by atoms with Crippen LogP contribution < -0.4 is 29.9 Å². The van der Waals surface area contributed by atoms with E-state index >= 15 is 0 Å². The van der Waals surface area contributed by atoms with Crippen LogP contribution in [0.4, 0.5) is 11.4 Å². The van der Waals surface area contributed by atoms with Gasteiger partial charge in [-0.15, -0.1) is 0 Å². The van der Waals surface area contributed by atoms with E-state index < -0.39 is 58.5 Å². The number of hydrogen-bond donors (Lipinski definition) is 5. The van der Waals surface area contributed by atoms with Gasteiger partial charge in [-0.25, -0.2) is 16.8 Å². The molecule has 17 nitrogen and oxygen atoms in total. The monoisotopic (exact) mass is 1050 g/mol. The number of benzene rings is 6. The first-order chi connectivity index (χ1) is 31.2. The summed E-state index contributed by atoms with van der Waals surface area (Å²) in [6.07, 6.45) is 0.887. The Morgan fingerprint density at radius 2 is 0.955 bits per heavy atom. The van der Waals surface area contributed by atoms with Crippen molar-refractivity contribution in [1.82, 2.24) is 21.3 Å². The number of amides is 4. The third-order valence-corrected chi connectivity index (χ3v) is 15.2. The third-order valence-electron chi connectivity index (χ3n) is 10.8. The van der Waals surface area contributed by atoms with Crippen molar-refractivity contribution in [1.29, 1.82) is 0 Å². The summed E-state index contributed by atoms with van der Waals surface area (Å²) in [6, 6.07) is 19.0. The van der Waals surface area contributed by atoms with Gasteiger partial charge in [-0.1, -0.05) is 31.4 Å². The molecule has 67 heavy (non-hydrogen) atoms. The summed E-state index contributed by atoms with van der Waals surface area (Å²) < 4.78 is 85.9. The summed E-state index contributed by atoms with van der Waals surface area (Å²) in [5.41, 5.74) is 1.38. The van der Waals surface area contributed by atoms with Gasteiger partial charge in [-0.2, -0.15) is 0 Å². The average molecular weight is 1050 g/mol. The van der Waals surface area contributed by atoms with E-state index in [0.717, 1.165) is 20.7 Å². The second-order valence-corrected chi connectivity index (χ2v) is 20.2. The smallest absolute Gasteiger partial charge is 0.264 e. The Bertz CT molecular complexity index is 3040. The molecule has 0 aromatic heterocycles. The Morgan fingerprint density at radius 3 is 1.34 bits per heavy atom. The molecular formula is C46H47MoN6O11S3-. The molecule has 0 aliphatic heterocycles. The van der Waals surface area contributed by atoms with Crippen LogP contribution in [0.25, 0.3) is 32.3 Å². The minimum absolute atomic E-state index is 0. The molecule has 0 saturated carbocycles. The van der Waals surface area contributed by atoms with Crippen molar-refractivity contribution in [3.05, 3.63) is 120 Å². The number of rotatable bonds is 19. The van der Waals surface area contributed by atoms with Crippen molar-refractivity contribution in [2.75, 3.05) is 48.9 Å². The van der Waals surface area contributed by atoms with Gasteiger partial charge in [-0.3, -0.25) is 32.0 Å². The summed E-state index contributed by atoms with van der Waals surface area (Å²) in [5, 5.41) is 22.4. The summed E-state index contributed by atoms with van der Waals surface area (Å²) in [5.74, 6) is -1.91. The quantitative estimate of drug-likeness (QED) is 0.0242. The Labute approximate surface area is 404 Å². The Kier molecular flexibility index (Phi) is 16.4. The van der Waals surface area contributed by atoms with Crippen LogP contribution in [0.3, 0.4) is 0 Å². The van der Waals surface area contributed by atoms with Gasteiger partial charge in [0.1, 0.15) is 5.75 Å². The molecule has 4 amide bonds. The molecule has 0 radical (unpaired) electrons. The first-order valence-corrected chi connectivity index (χ1v) is 24.3. The van der Waals surface area contributed by atoms with E-state index in [9.17, 15) is 49.9 Å².